The Morgan fingerprint density at radius 3 is 1.88 bits per heavy atom. The third kappa shape index (κ3) is 17.4. The van der Waals surface area contributed by atoms with Gasteiger partial charge in [-0.2, -0.15) is 23.5 Å². The maximum absolute atomic E-state index is 15.8. The number of ether oxygens (including phenoxy) is 1. The molecule has 4 aliphatic rings. The largest absolute Gasteiger partial charge is 0.497 e. The Balaban J connectivity index is 1.09. The maximum Gasteiger partial charge on any atom is 0.303 e. The summed E-state index contributed by atoms with van der Waals surface area (Å²) in [7, 11) is 1.49. The molecule has 0 saturated carbocycles. The Hall–Kier alpha value is -8.70. The number of carboxylic acids is 1. The first-order valence-corrected chi connectivity index (χ1v) is 33.7. The molecule has 12 N–H and O–H groups in total. The lowest BCUT2D eigenvalue weighted by molar-refractivity contribution is -0.147. The Morgan fingerprint density at radius 2 is 1.29 bits per heavy atom. The number of H-pyrrole nitrogens is 2. The van der Waals surface area contributed by atoms with Gasteiger partial charge in [0.1, 0.15) is 46.7 Å². The van der Waals surface area contributed by atoms with E-state index in [0.29, 0.717) is 92.7 Å². The normalized spacial score (nSPS) is 26.2. The molecular weight excluding hydrogens is 1270 g/mol. The molecule has 2 saturated heterocycles. The first kappa shape index (κ1) is 70.6. The van der Waals surface area contributed by atoms with E-state index in [1.165, 1.54) is 86.4 Å². The van der Waals surface area contributed by atoms with Gasteiger partial charge < -0.3 is 61.9 Å². The summed E-state index contributed by atoms with van der Waals surface area (Å²) in [6.45, 7) is 4.39. The number of carboxylic acid groups (broad SMARTS) is 1. The number of aliphatic carboxylic acids is 1. The van der Waals surface area contributed by atoms with Crippen molar-refractivity contribution in [1.29, 1.82) is 0 Å². The number of hydrogen-bond acceptors (Lipinski definition) is 16. The second-order valence-electron chi connectivity index (χ2n) is 24.8. The highest BCUT2D eigenvalue weighted by molar-refractivity contribution is 7.98. The maximum atomic E-state index is 15.8. The van der Waals surface area contributed by atoms with E-state index in [4.69, 9.17) is 10.5 Å². The predicted molar refractivity (Wildman–Crippen MR) is 354 cm³/mol. The number of aromatic nitrogens is 2. The third-order valence-electron chi connectivity index (χ3n) is 17.6. The van der Waals surface area contributed by atoms with E-state index < -0.39 is 138 Å². The minimum Gasteiger partial charge on any atom is -0.497 e. The molecule has 6 aromatic rings. The van der Waals surface area contributed by atoms with E-state index in [1.807, 2.05) is 24.3 Å². The van der Waals surface area contributed by atoms with Crippen molar-refractivity contribution in [2.75, 3.05) is 38.2 Å². The van der Waals surface area contributed by atoms with E-state index >= 15 is 23.6 Å². The van der Waals surface area contributed by atoms with Crippen LogP contribution in [0.1, 0.15) is 87.1 Å². The number of thioether (sulfide) groups is 2. The molecule has 506 valence electrons. The minimum absolute atomic E-state index is 0.0458. The molecule has 7 amide bonds. The van der Waals surface area contributed by atoms with E-state index in [-0.39, 0.29) is 38.8 Å². The van der Waals surface area contributed by atoms with Gasteiger partial charge in [0, 0.05) is 115 Å². The van der Waals surface area contributed by atoms with Crippen molar-refractivity contribution < 1.29 is 66.6 Å². The first-order chi connectivity index (χ1) is 45.4. The van der Waals surface area contributed by atoms with Gasteiger partial charge in [0.2, 0.25) is 41.4 Å². The molecule has 28 heteroatoms. The van der Waals surface area contributed by atoms with Crippen molar-refractivity contribution in [1.82, 2.24) is 57.0 Å². The fourth-order valence-electron chi connectivity index (χ4n) is 12.4. The molecule has 2 aromatic heterocycles. The summed E-state index contributed by atoms with van der Waals surface area (Å²) in [4.78, 5) is 152. The number of aromatic amines is 2. The number of amides is 7. The van der Waals surface area contributed by atoms with Crippen LogP contribution in [0.2, 0.25) is 0 Å². The average Bonchev–Trinajstić information content (AvgIpc) is 1.68. The summed E-state index contributed by atoms with van der Waals surface area (Å²) in [6.07, 6.45) is 2.09. The summed E-state index contributed by atoms with van der Waals surface area (Å²) >= 11 is 3.11. The Kier molecular flexibility index (Phi) is 23.2. The van der Waals surface area contributed by atoms with Crippen molar-refractivity contribution in [2.24, 2.45) is 5.73 Å². The molecule has 0 radical (unpaired) electrons. The summed E-state index contributed by atoms with van der Waals surface area (Å²) < 4.78 is 35.4. The molecule has 24 nitrogen and oxygen atoms in total. The number of carbonyl (C=O) groups excluding carboxylic acids is 9. The number of halogens is 2. The highest BCUT2D eigenvalue weighted by atomic mass is 32.2. The van der Waals surface area contributed by atoms with Gasteiger partial charge >= 0.3 is 5.97 Å². The van der Waals surface area contributed by atoms with Crippen LogP contribution in [0.25, 0.3) is 21.8 Å². The summed E-state index contributed by atoms with van der Waals surface area (Å²) in [5.41, 5.74) is 5.20. The highest BCUT2D eigenvalue weighted by Crippen LogP contribution is 2.33. The first-order valence-electron chi connectivity index (χ1n) is 31.4. The summed E-state index contributed by atoms with van der Waals surface area (Å²) in [6, 6.07) is 14.0. The van der Waals surface area contributed by atoms with Crippen molar-refractivity contribution in [2.45, 2.75) is 143 Å². The zero-order valence-electron chi connectivity index (χ0n) is 53.2. The number of benzene rings is 4. The van der Waals surface area contributed by atoms with Gasteiger partial charge in [-0.1, -0.05) is 36.4 Å². The number of hydrogen-bond donors (Lipinski definition) is 11. The zero-order valence-corrected chi connectivity index (χ0v) is 54.8. The predicted octanol–water partition coefficient (Wildman–Crippen LogP) is 3.77. The van der Waals surface area contributed by atoms with Crippen molar-refractivity contribution in [3.63, 3.8) is 0 Å². The lowest BCUT2D eigenvalue weighted by Gasteiger charge is -2.40. The fraction of sp³-hybridized carbons (Fsp3) is 0.433. The lowest BCUT2D eigenvalue weighted by atomic mass is 9.95. The van der Waals surface area contributed by atoms with Gasteiger partial charge in [0.15, 0.2) is 18.2 Å². The Labute approximate surface area is 555 Å². The van der Waals surface area contributed by atoms with Gasteiger partial charge in [0.05, 0.1) is 19.2 Å². The number of methoxy groups -OCH3 is 1. The molecule has 0 aliphatic carbocycles. The van der Waals surface area contributed by atoms with E-state index in [2.05, 4.69) is 47.2 Å². The van der Waals surface area contributed by atoms with Gasteiger partial charge in [-0.05, 0) is 123 Å². The molecule has 0 spiro atoms. The van der Waals surface area contributed by atoms with Crippen molar-refractivity contribution >= 4 is 105 Å². The molecule has 4 aromatic carbocycles. The minimum atomic E-state index is -2.23. The zero-order chi connectivity index (χ0) is 68.2. The number of nitrogens with two attached hydrogens (primary N) is 1. The average molecular weight is 1350 g/mol. The van der Waals surface area contributed by atoms with Crippen LogP contribution in [0, 0.1) is 11.6 Å². The van der Waals surface area contributed by atoms with E-state index in [0.717, 1.165) is 16.0 Å². The van der Waals surface area contributed by atoms with Crippen molar-refractivity contribution in [3.8, 4) is 5.75 Å². The number of aldehydes is 2. The summed E-state index contributed by atoms with van der Waals surface area (Å²) in [5, 5.41) is 30.6. The molecule has 95 heavy (non-hydrogen) atoms. The molecule has 9 atom stereocenters. The smallest absolute Gasteiger partial charge is 0.303 e. The molecule has 4 aliphatic heterocycles. The second kappa shape index (κ2) is 31.2. The molecule has 6 heterocycles. The van der Waals surface area contributed by atoms with Crippen LogP contribution in [-0.4, -0.2) is 176 Å². The lowest BCUT2D eigenvalue weighted by Crippen LogP contribution is -2.68. The van der Waals surface area contributed by atoms with Crippen LogP contribution in [0.3, 0.4) is 0 Å². The van der Waals surface area contributed by atoms with Crippen LogP contribution in [0.15, 0.2) is 97.3 Å². The Morgan fingerprint density at radius 1 is 0.716 bits per heavy atom. The van der Waals surface area contributed by atoms with Crippen LogP contribution >= 0.6 is 23.5 Å². The molecular formula is C67H80F2N12O12S2. The van der Waals surface area contributed by atoms with Crippen LogP contribution in [0.5, 0.6) is 5.75 Å². The quantitative estimate of drug-likeness (QED) is 0.0777. The third-order valence-corrected chi connectivity index (χ3v) is 19.7. The highest BCUT2D eigenvalue weighted by Gasteiger charge is 2.52. The fourth-order valence-corrected chi connectivity index (χ4v) is 14.2. The number of carbonyl (C=O) groups is 10. The van der Waals surface area contributed by atoms with Gasteiger partial charge in [-0.15, -0.1) is 0 Å². The molecule has 2 bridgehead atoms. The van der Waals surface area contributed by atoms with Crippen LogP contribution < -0.4 is 47.7 Å². The second-order valence-corrected chi connectivity index (χ2v) is 27.0. The van der Waals surface area contributed by atoms with Crippen LogP contribution in [-0.2, 0) is 78.7 Å². The molecule has 10 rings (SSSR count). The van der Waals surface area contributed by atoms with Crippen molar-refractivity contribution in [3.05, 3.63) is 137 Å². The number of fused-ring (bicyclic) bond motifs is 29. The molecule has 2 fully saturated rings. The van der Waals surface area contributed by atoms with E-state index in [1.54, 1.807) is 43.0 Å². The van der Waals surface area contributed by atoms with Gasteiger partial charge in [0.25, 0.3) is 0 Å². The Bertz CT molecular complexity index is 3820. The number of nitrogens with zero attached hydrogens (tertiary/aromatic N) is 2. The standard InChI is InChI=1S/C67H80F2N12O12S2/c1-39-59(87)79-66(3,37-82)77-54(27-43-32-72-51-16-12-45(68)29-49(43)51)61(89)76-56(28-44-33-73-52-17-13-46(69)30-50(44)52)63(91)81-34-47(70)31-67(81,38-83)78-53(18-19-58(85)86)60(88)75-55(26-40-10-14-48(93-4)15-11-40)62(90)80-23-5-21-65(80,2)64(92)71-22-25-95-36-42-8-6-41(7-9-42)35-94-24-20-57(84)74-39/h6-17,29-30,32-33,37-39,47,53-56,72-73,77-78H,5,18-28,31,34-36,70H2,1-4H3,(H,71,92)(H,74,84)(H,75,88)(H,76,89)(H,79,87)(H,85,86)/t39-,47-,53-,54-,55+,56?,65-,66+,67-/m0/s1. The monoisotopic (exact) mass is 1350 g/mol. The SMILES string of the molecule is COc1ccc(C[C@H]2NC(=O)[C@H](CCC(=O)O)N[C@@]3(C=O)C[C@H](N)CN3C(=O)C(Cc3c[nH]c4ccc(F)cc34)NC(=O)[C@H](Cc3c[nH]c4ccc(F)cc34)N[C@@](C)(C=O)NC(=O)[C@H](C)NC(=O)CCSCc3ccc(cc3)CSCCNC(=O)[C@]3(C)CCCN3C2=O)cc1. The van der Waals surface area contributed by atoms with Gasteiger partial charge in [-0.3, -0.25) is 58.6 Å². The number of nitrogens with one attached hydrogen (secondary N) is 9. The van der Waals surface area contributed by atoms with Gasteiger partial charge in [-0.25, -0.2) is 8.78 Å². The van der Waals surface area contributed by atoms with Crippen LogP contribution in [0.4, 0.5) is 8.78 Å². The molecule has 1 unspecified atom stereocenters. The van der Waals surface area contributed by atoms with E-state index in [9.17, 15) is 38.3 Å². The summed E-state index contributed by atoms with van der Waals surface area (Å²) in [5.74, 6) is -5.10. The topological polar surface area (TPSA) is 348 Å². The number of rotatable bonds is 12.